The summed E-state index contributed by atoms with van der Waals surface area (Å²) in [4.78, 5) is 38.0. The van der Waals surface area contributed by atoms with Gasteiger partial charge in [-0.15, -0.1) is 0 Å². The smallest absolute Gasteiger partial charge is 0.251 e. The summed E-state index contributed by atoms with van der Waals surface area (Å²) in [5, 5.41) is 150. The first-order valence-electron chi connectivity index (χ1n) is 14.0. The van der Waals surface area contributed by atoms with Gasteiger partial charge in [0.2, 0.25) is 0 Å². The Bertz CT molecular complexity index is 783. The minimum atomic E-state index is -2.23. The third-order valence-electron chi connectivity index (χ3n) is 6.75. The van der Waals surface area contributed by atoms with Gasteiger partial charge >= 0.3 is 0 Å². The number of aliphatic hydroxyl groups is 15. The highest BCUT2D eigenvalue weighted by molar-refractivity contribution is 5.82. The lowest BCUT2D eigenvalue weighted by Gasteiger charge is -2.27. The molecule has 3 amide bonds. The van der Waals surface area contributed by atoms with E-state index in [1.807, 2.05) is 0 Å². The van der Waals surface area contributed by atoms with Crippen molar-refractivity contribution in [2.45, 2.75) is 73.2 Å². The van der Waals surface area contributed by atoms with Gasteiger partial charge in [0.25, 0.3) is 17.7 Å². The molecule has 0 spiro atoms. The van der Waals surface area contributed by atoms with Gasteiger partial charge in [0, 0.05) is 39.3 Å². The van der Waals surface area contributed by atoms with E-state index in [4.69, 9.17) is 15.3 Å². The molecule has 0 saturated carbocycles. The number of amides is 3. The highest BCUT2D eigenvalue weighted by Crippen LogP contribution is 2.07. The van der Waals surface area contributed by atoms with Crippen molar-refractivity contribution in [2.24, 2.45) is 0 Å². The largest absolute Gasteiger partial charge is 0.394 e. The standard InChI is InChI=1S/C24H48N4O18/c29-7-10(32)13(35)16(38)19(41)22(44)25-1-4-28(5-2-26-23(45)20(42)17(39)14(36)11(33)8-30)6-3-27-24(46)21(43)18(40)15(37)12(34)9-31/h10-21,29-43H,1-9H2,(H,25,44)(H,26,45)(H,27,46)/t10-,11-,12-,13-,14-,15-,16+,17+,18+,19-,20-,21-/m1/s1. The molecule has 22 nitrogen and oxygen atoms in total. The van der Waals surface area contributed by atoms with Crippen LogP contribution in [-0.4, -0.2) is 232 Å². The molecule has 0 unspecified atom stereocenters. The molecule has 0 bridgehead atoms. The van der Waals surface area contributed by atoms with Gasteiger partial charge in [-0.2, -0.15) is 0 Å². The zero-order valence-electron chi connectivity index (χ0n) is 24.7. The number of aliphatic hydroxyl groups excluding tert-OH is 15. The Kier molecular flexibility index (Phi) is 21.3. The van der Waals surface area contributed by atoms with Crippen LogP contribution in [0.1, 0.15) is 0 Å². The Balaban J connectivity index is 5.28. The van der Waals surface area contributed by atoms with E-state index in [9.17, 15) is 75.7 Å². The Labute approximate surface area is 262 Å². The van der Waals surface area contributed by atoms with E-state index in [0.29, 0.717) is 0 Å². The molecule has 0 heterocycles. The average molecular weight is 681 g/mol. The van der Waals surface area contributed by atoms with Crippen LogP contribution < -0.4 is 16.0 Å². The fourth-order valence-electron chi connectivity index (χ4n) is 3.69. The summed E-state index contributed by atoms with van der Waals surface area (Å²) in [6.07, 6.45) is -25.0. The van der Waals surface area contributed by atoms with Crippen molar-refractivity contribution < 1.29 is 91.0 Å². The predicted octanol–water partition coefficient (Wildman–Crippen LogP) is -12.1. The van der Waals surface area contributed by atoms with E-state index in [2.05, 4.69) is 16.0 Å². The Morgan fingerprint density at radius 1 is 0.413 bits per heavy atom. The first-order chi connectivity index (χ1) is 21.5. The van der Waals surface area contributed by atoms with Crippen molar-refractivity contribution in [1.29, 1.82) is 0 Å². The van der Waals surface area contributed by atoms with E-state index < -0.39 is 111 Å². The molecule has 0 aromatic carbocycles. The van der Waals surface area contributed by atoms with Crippen molar-refractivity contribution >= 4 is 17.7 Å². The van der Waals surface area contributed by atoms with Gasteiger partial charge in [0.1, 0.15) is 54.9 Å². The summed E-state index contributed by atoms with van der Waals surface area (Å²) in [6, 6.07) is 0. The van der Waals surface area contributed by atoms with Crippen molar-refractivity contribution in [1.82, 2.24) is 20.9 Å². The molecule has 0 aliphatic carbocycles. The zero-order chi connectivity index (χ0) is 35.7. The average Bonchev–Trinajstić information content (AvgIpc) is 3.06. The number of hydrogen-bond acceptors (Lipinski definition) is 19. The van der Waals surface area contributed by atoms with Gasteiger partial charge in [-0.25, -0.2) is 0 Å². The van der Waals surface area contributed by atoms with Gasteiger partial charge in [-0.3, -0.25) is 19.3 Å². The minimum Gasteiger partial charge on any atom is -0.394 e. The fourth-order valence-corrected chi connectivity index (χ4v) is 3.69. The molecule has 0 aromatic heterocycles. The van der Waals surface area contributed by atoms with E-state index in [1.54, 1.807) is 0 Å². The third-order valence-corrected chi connectivity index (χ3v) is 6.75. The summed E-state index contributed by atoms with van der Waals surface area (Å²) in [5.41, 5.74) is 0. The van der Waals surface area contributed by atoms with Gasteiger partial charge in [-0.1, -0.05) is 0 Å². The van der Waals surface area contributed by atoms with Crippen LogP contribution in [0.3, 0.4) is 0 Å². The molecule has 22 heteroatoms. The molecular formula is C24H48N4O18. The number of nitrogens with one attached hydrogen (secondary N) is 3. The lowest BCUT2D eigenvalue weighted by atomic mass is 10.0. The van der Waals surface area contributed by atoms with Crippen LogP contribution in [-0.2, 0) is 14.4 Å². The molecule has 12 atom stereocenters. The van der Waals surface area contributed by atoms with Crippen LogP contribution >= 0.6 is 0 Å². The topological polar surface area (TPSA) is 394 Å². The second-order valence-corrected chi connectivity index (χ2v) is 10.2. The molecule has 0 aliphatic heterocycles. The summed E-state index contributed by atoms with van der Waals surface area (Å²) >= 11 is 0. The van der Waals surface area contributed by atoms with Crippen molar-refractivity contribution in [3.63, 3.8) is 0 Å². The molecule has 0 fully saturated rings. The molecule has 0 rings (SSSR count). The van der Waals surface area contributed by atoms with Crippen LogP contribution in [0.2, 0.25) is 0 Å². The number of rotatable bonds is 24. The van der Waals surface area contributed by atoms with Crippen molar-refractivity contribution in [2.75, 3.05) is 59.1 Å². The number of carbonyl (C=O) groups is 3. The van der Waals surface area contributed by atoms with Gasteiger partial charge in [0.05, 0.1) is 19.8 Å². The number of carbonyl (C=O) groups excluding carboxylic acids is 3. The SMILES string of the molecule is O=C(NCCN(CCNC(=O)[C@H](O)[C@@H](O)[C@H](O)[C@H](O)CO)CCNC(=O)[C@H](O)[C@@H](O)[C@H](O)[C@H](O)CO)[C@H](O)[C@@H](O)[C@H](O)[C@H](O)CO. The highest BCUT2D eigenvalue weighted by atomic mass is 16.4. The van der Waals surface area contributed by atoms with E-state index >= 15 is 0 Å². The quantitative estimate of drug-likeness (QED) is 0.0450. The first-order valence-corrected chi connectivity index (χ1v) is 14.0. The Hall–Kier alpha value is -2.23. The fraction of sp³-hybridized carbons (Fsp3) is 0.875. The van der Waals surface area contributed by atoms with Gasteiger partial charge in [-0.05, 0) is 0 Å². The zero-order valence-corrected chi connectivity index (χ0v) is 24.7. The molecule has 0 aromatic rings. The van der Waals surface area contributed by atoms with Crippen LogP contribution in [0, 0.1) is 0 Å². The van der Waals surface area contributed by atoms with Crippen LogP contribution in [0.25, 0.3) is 0 Å². The maximum Gasteiger partial charge on any atom is 0.251 e. The minimum absolute atomic E-state index is 0.110. The predicted molar refractivity (Wildman–Crippen MR) is 149 cm³/mol. The lowest BCUT2D eigenvalue weighted by molar-refractivity contribution is -0.149. The number of nitrogens with zero attached hydrogens (tertiary/aromatic N) is 1. The van der Waals surface area contributed by atoms with Crippen molar-refractivity contribution in [3.05, 3.63) is 0 Å². The van der Waals surface area contributed by atoms with Crippen LogP contribution in [0.5, 0.6) is 0 Å². The highest BCUT2D eigenvalue weighted by Gasteiger charge is 2.36. The van der Waals surface area contributed by atoms with Crippen LogP contribution in [0.4, 0.5) is 0 Å². The summed E-state index contributed by atoms with van der Waals surface area (Å²) < 4.78 is 0. The molecule has 0 radical (unpaired) electrons. The monoisotopic (exact) mass is 680 g/mol. The summed E-state index contributed by atoms with van der Waals surface area (Å²) in [5.74, 6) is -3.58. The van der Waals surface area contributed by atoms with Gasteiger partial charge < -0.3 is 92.5 Å². The van der Waals surface area contributed by atoms with Crippen molar-refractivity contribution in [3.8, 4) is 0 Å². The molecule has 272 valence electrons. The molecule has 0 saturated heterocycles. The lowest BCUT2D eigenvalue weighted by Crippen LogP contribution is -2.53. The molecule has 0 aliphatic rings. The van der Waals surface area contributed by atoms with E-state index in [-0.39, 0.29) is 39.3 Å². The molecule has 46 heavy (non-hydrogen) atoms. The number of hydrogen-bond donors (Lipinski definition) is 18. The maximum atomic E-state index is 12.2. The van der Waals surface area contributed by atoms with Crippen LogP contribution in [0.15, 0.2) is 0 Å². The first kappa shape index (κ1) is 43.8. The van der Waals surface area contributed by atoms with E-state index in [0.717, 1.165) is 0 Å². The summed E-state index contributed by atoms with van der Waals surface area (Å²) in [6.45, 7) is -4.08. The third kappa shape index (κ3) is 14.3. The molecule has 18 N–H and O–H groups in total. The van der Waals surface area contributed by atoms with Gasteiger partial charge in [0.15, 0.2) is 18.3 Å². The molecular weight excluding hydrogens is 632 g/mol. The normalized spacial score (nSPS) is 19.8. The second-order valence-electron chi connectivity index (χ2n) is 10.2. The Morgan fingerprint density at radius 3 is 0.826 bits per heavy atom. The van der Waals surface area contributed by atoms with E-state index in [1.165, 1.54) is 4.90 Å². The maximum absolute atomic E-state index is 12.2. The Morgan fingerprint density at radius 2 is 0.630 bits per heavy atom. The second kappa shape index (κ2) is 22.4. The summed E-state index contributed by atoms with van der Waals surface area (Å²) in [7, 11) is 0.